The van der Waals surface area contributed by atoms with Gasteiger partial charge in [0.1, 0.15) is 11.8 Å². The molecule has 0 amide bonds. The van der Waals surface area contributed by atoms with Crippen molar-refractivity contribution in [3.63, 3.8) is 0 Å². The molecule has 0 radical (unpaired) electrons. The van der Waals surface area contributed by atoms with E-state index in [0.29, 0.717) is 10.7 Å². The topological polar surface area (TPSA) is 22.1 Å². The average molecular weight is 208 g/mol. The minimum atomic E-state index is 0.0794. The van der Waals surface area contributed by atoms with Crippen LogP contribution in [-0.4, -0.2) is 17.7 Å². The van der Waals surface area contributed by atoms with Gasteiger partial charge in [-0.1, -0.05) is 17.5 Å². The molecule has 1 atom stereocenters. The molecule has 1 unspecified atom stereocenters. The molecule has 1 saturated heterocycles. The summed E-state index contributed by atoms with van der Waals surface area (Å²) in [5, 5.41) is 0.664. The molecule has 1 fully saturated rings. The Balaban J connectivity index is 2.08. The number of aromatic nitrogens is 1. The molecule has 14 heavy (non-hydrogen) atoms. The summed E-state index contributed by atoms with van der Waals surface area (Å²) in [5.41, 5.74) is 0.702. The molecule has 1 aliphatic rings. The molecule has 0 N–H and O–H groups in total. The van der Waals surface area contributed by atoms with Crippen LogP contribution in [0.1, 0.15) is 18.5 Å². The summed E-state index contributed by atoms with van der Waals surface area (Å²) in [6, 6.07) is 3.49. The maximum atomic E-state index is 5.80. The van der Waals surface area contributed by atoms with Crippen LogP contribution in [0.5, 0.6) is 0 Å². The monoisotopic (exact) mass is 207 g/mol. The van der Waals surface area contributed by atoms with Crippen LogP contribution in [0.15, 0.2) is 18.3 Å². The quantitative estimate of drug-likeness (QED) is 0.609. The van der Waals surface area contributed by atoms with Gasteiger partial charge in [-0.15, -0.1) is 0 Å². The van der Waals surface area contributed by atoms with E-state index in [4.69, 9.17) is 16.3 Å². The largest absolute Gasteiger partial charge is 0.366 e. The fourth-order valence-corrected chi connectivity index (χ4v) is 1.48. The second kappa shape index (κ2) is 4.45. The van der Waals surface area contributed by atoms with E-state index < -0.39 is 0 Å². The van der Waals surface area contributed by atoms with Crippen molar-refractivity contribution in [2.45, 2.75) is 18.9 Å². The van der Waals surface area contributed by atoms with Crippen molar-refractivity contribution in [1.82, 2.24) is 4.98 Å². The Kier molecular flexibility index (Phi) is 3.03. The van der Waals surface area contributed by atoms with Gasteiger partial charge in [0.25, 0.3) is 0 Å². The first-order chi connectivity index (χ1) is 6.84. The Bertz CT molecular complexity index is 374. The van der Waals surface area contributed by atoms with Gasteiger partial charge in [0.15, 0.2) is 0 Å². The Morgan fingerprint density at radius 1 is 1.57 bits per heavy atom. The second-order valence-electron chi connectivity index (χ2n) is 3.13. The Hall–Kier alpha value is -1.04. The minimum Gasteiger partial charge on any atom is -0.366 e. The zero-order valence-electron chi connectivity index (χ0n) is 7.66. The molecule has 1 aromatic rings. The average Bonchev–Trinajstić information content (AvgIpc) is 2.67. The third-order valence-corrected chi connectivity index (χ3v) is 2.25. The summed E-state index contributed by atoms with van der Waals surface area (Å²) in [5.74, 6) is 5.99. The van der Waals surface area contributed by atoms with Gasteiger partial charge < -0.3 is 4.74 Å². The highest BCUT2D eigenvalue weighted by Crippen LogP contribution is 2.11. The lowest BCUT2D eigenvalue weighted by Gasteiger charge is -1.96. The van der Waals surface area contributed by atoms with Crippen LogP contribution in [-0.2, 0) is 4.74 Å². The van der Waals surface area contributed by atoms with E-state index in [0.717, 1.165) is 19.4 Å². The molecule has 2 rings (SSSR count). The van der Waals surface area contributed by atoms with E-state index >= 15 is 0 Å². The molecule has 0 bridgehead atoms. The van der Waals surface area contributed by atoms with E-state index in [9.17, 15) is 0 Å². The van der Waals surface area contributed by atoms with Crippen molar-refractivity contribution >= 4 is 11.6 Å². The molecule has 0 aromatic carbocycles. The van der Waals surface area contributed by atoms with E-state index in [2.05, 4.69) is 16.8 Å². The van der Waals surface area contributed by atoms with Gasteiger partial charge in [0, 0.05) is 17.8 Å². The number of hydrogen-bond donors (Lipinski definition) is 0. The molecule has 1 aromatic heterocycles. The maximum absolute atomic E-state index is 5.80. The number of pyridine rings is 1. The number of ether oxygens (including phenoxy) is 1. The van der Waals surface area contributed by atoms with Crippen molar-refractivity contribution in [2.24, 2.45) is 0 Å². The zero-order chi connectivity index (χ0) is 9.80. The van der Waals surface area contributed by atoms with Crippen molar-refractivity contribution < 1.29 is 4.74 Å². The smallest absolute Gasteiger partial charge is 0.118 e. The SMILES string of the molecule is Clc1ccnc(C#CC2CCCO2)c1. The predicted molar refractivity (Wildman–Crippen MR) is 55.1 cm³/mol. The van der Waals surface area contributed by atoms with Crippen LogP contribution in [0.2, 0.25) is 5.02 Å². The first-order valence-electron chi connectivity index (χ1n) is 4.59. The fourth-order valence-electron chi connectivity index (χ4n) is 1.32. The number of hydrogen-bond acceptors (Lipinski definition) is 2. The molecule has 3 heteroatoms. The summed E-state index contributed by atoms with van der Waals surface area (Å²) in [7, 11) is 0. The van der Waals surface area contributed by atoms with E-state index in [1.165, 1.54) is 0 Å². The highest BCUT2D eigenvalue weighted by Gasteiger charge is 2.11. The van der Waals surface area contributed by atoms with Gasteiger partial charge in [0.05, 0.1) is 0 Å². The first kappa shape index (κ1) is 9.51. The second-order valence-corrected chi connectivity index (χ2v) is 3.57. The molecule has 2 nitrogen and oxygen atoms in total. The Morgan fingerprint density at radius 2 is 2.50 bits per heavy atom. The van der Waals surface area contributed by atoms with Crippen molar-refractivity contribution in [3.05, 3.63) is 29.0 Å². The highest BCUT2D eigenvalue weighted by molar-refractivity contribution is 6.30. The van der Waals surface area contributed by atoms with Crippen molar-refractivity contribution in [1.29, 1.82) is 0 Å². The molecule has 72 valence electrons. The number of rotatable bonds is 0. The van der Waals surface area contributed by atoms with Gasteiger partial charge >= 0.3 is 0 Å². The zero-order valence-corrected chi connectivity index (χ0v) is 8.42. The van der Waals surface area contributed by atoms with E-state index in [1.54, 1.807) is 18.3 Å². The van der Waals surface area contributed by atoms with Crippen LogP contribution in [0.4, 0.5) is 0 Å². The molecular weight excluding hydrogens is 198 g/mol. The minimum absolute atomic E-state index is 0.0794. The Morgan fingerprint density at radius 3 is 3.21 bits per heavy atom. The van der Waals surface area contributed by atoms with E-state index in [-0.39, 0.29) is 6.10 Å². The Labute approximate surface area is 88.3 Å². The summed E-state index contributed by atoms with van der Waals surface area (Å²) in [6.07, 6.45) is 3.85. The van der Waals surface area contributed by atoms with Crippen molar-refractivity contribution in [3.8, 4) is 11.8 Å². The lowest BCUT2D eigenvalue weighted by molar-refractivity contribution is 0.152. The highest BCUT2D eigenvalue weighted by atomic mass is 35.5. The molecule has 1 aliphatic heterocycles. The van der Waals surface area contributed by atoms with Gasteiger partial charge in [-0.25, -0.2) is 4.98 Å². The molecular formula is C11H10ClNO. The van der Waals surface area contributed by atoms with Gasteiger partial charge in [0.2, 0.25) is 0 Å². The van der Waals surface area contributed by atoms with Crippen LogP contribution < -0.4 is 0 Å². The van der Waals surface area contributed by atoms with Gasteiger partial charge in [-0.2, -0.15) is 0 Å². The lowest BCUT2D eigenvalue weighted by atomic mass is 10.2. The summed E-state index contributed by atoms with van der Waals surface area (Å²) in [4.78, 5) is 4.09. The first-order valence-corrected chi connectivity index (χ1v) is 4.97. The standard InChI is InChI=1S/C11H10ClNO/c12-9-5-6-13-10(8-9)3-4-11-2-1-7-14-11/h5-6,8,11H,1-2,7H2. The summed E-state index contributed by atoms with van der Waals surface area (Å²) >= 11 is 5.80. The maximum Gasteiger partial charge on any atom is 0.118 e. The molecule has 2 heterocycles. The predicted octanol–water partition coefficient (Wildman–Crippen LogP) is 2.27. The molecule has 0 saturated carbocycles. The molecule has 0 aliphatic carbocycles. The summed E-state index contributed by atoms with van der Waals surface area (Å²) in [6.45, 7) is 0.822. The van der Waals surface area contributed by atoms with Crippen LogP contribution >= 0.6 is 11.6 Å². The third kappa shape index (κ3) is 2.47. The number of halogens is 1. The fraction of sp³-hybridized carbons (Fsp3) is 0.364. The normalized spacial score (nSPS) is 20.2. The third-order valence-electron chi connectivity index (χ3n) is 2.01. The van der Waals surface area contributed by atoms with Crippen LogP contribution in [0.25, 0.3) is 0 Å². The number of nitrogens with zero attached hydrogens (tertiary/aromatic N) is 1. The molecule has 0 spiro atoms. The van der Waals surface area contributed by atoms with Gasteiger partial charge in [-0.05, 0) is 30.9 Å². The van der Waals surface area contributed by atoms with Crippen molar-refractivity contribution in [2.75, 3.05) is 6.61 Å². The van der Waals surface area contributed by atoms with Gasteiger partial charge in [-0.3, -0.25) is 0 Å². The van der Waals surface area contributed by atoms with Crippen LogP contribution in [0.3, 0.4) is 0 Å². The van der Waals surface area contributed by atoms with Crippen LogP contribution in [0, 0.1) is 11.8 Å². The lowest BCUT2D eigenvalue weighted by Crippen LogP contribution is -1.99. The summed E-state index contributed by atoms with van der Waals surface area (Å²) < 4.78 is 5.37. The van der Waals surface area contributed by atoms with E-state index in [1.807, 2.05) is 0 Å².